The highest BCUT2D eigenvalue weighted by molar-refractivity contribution is 5.88. The van der Waals surface area contributed by atoms with Crippen LogP contribution in [0.25, 0.3) is 0 Å². The number of ketones is 1. The Morgan fingerprint density at radius 1 is 1.03 bits per heavy atom. The zero-order valence-corrected chi connectivity index (χ0v) is 18.3. The van der Waals surface area contributed by atoms with Crippen molar-refractivity contribution >= 4 is 11.5 Å². The summed E-state index contributed by atoms with van der Waals surface area (Å²) in [4.78, 5) is 15.5. The van der Waals surface area contributed by atoms with Gasteiger partial charge in [0, 0.05) is 49.4 Å². The first-order valence-electron chi connectivity index (χ1n) is 10.5. The molecular formula is C26H27N3O2. The van der Waals surface area contributed by atoms with Gasteiger partial charge in [-0.1, -0.05) is 30.3 Å². The summed E-state index contributed by atoms with van der Waals surface area (Å²) in [6, 6.07) is 18.4. The number of rotatable bonds is 4. The molecule has 3 atom stereocenters. The summed E-state index contributed by atoms with van der Waals surface area (Å²) in [5, 5.41) is 13.3. The summed E-state index contributed by atoms with van der Waals surface area (Å²) in [7, 11) is 5.63. The van der Waals surface area contributed by atoms with E-state index in [9.17, 15) is 10.1 Å². The minimum absolute atomic E-state index is 0.00496. The third kappa shape index (κ3) is 3.82. The van der Waals surface area contributed by atoms with Crippen LogP contribution in [0.5, 0.6) is 5.75 Å². The number of nitrogens with one attached hydrogen (secondary N) is 1. The second-order valence-corrected chi connectivity index (χ2v) is 8.39. The molecule has 2 aromatic carbocycles. The van der Waals surface area contributed by atoms with Crippen LogP contribution < -0.4 is 15.0 Å². The summed E-state index contributed by atoms with van der Waals surface area (Å²) in [5.74, 6) is 0.333. The van der Waals surface area contributed by atoms with E-state index in [4.69, 9.17) is 4.74 Å². The van der Waals surface area contributed by atoms with E-state index in [0.717, 1.165) is 34.0 Å². The van der Waals surface area contributed by atoms with Crippen molar-refractivity contribution in [3.05, 3.63) is 82.7 Å². The SMILES string of the molecule is COc1ccc(C2C=C3NC(C)=C(C#N)C(c4ccc(N(C)C)cc4)C3C(=O)C2)cc1. The van der Waals surface area contributed by atoms with E-state index in [0.29, 0.717) is 12.0 Å². The molecule has 0 fully saturated rings. The van der Waals surface area contributed by atoms with Crippen molar-refractivity contribution in [2.75, 3.05) is 26.1 Å². The molecule has 31 heavy (non-hydrogen) atoms. The molecule has 0 amide bonds. The molecule has 1 aliphatic heterocycles. The average Bonchev–Trinajstić information content (AvgIpc) is 2.78. The van der Waals surface area contributed by atoms with Crippen LogP contribution in [0.4, 0.5) is 5.69 Å². The van der Waals surface area contributed by atoms with Gasteiger partial charge in [-0.2, -0.15) is 5.26 Å². The Hall–Kier alpha value is -3.52. The van der Waals surface area contributed by atoms with Gasteiger partial charge in [-0.25, -0.2) is 0 Å². The molecule has 0 saturated carbocycles. The quantitative estimate of drug-likeness (QED) is 0.799. The van der Waals surface area contributed by atoms with Crippen LogP contribution in [-0.4, -0.2) is 27.0 Å². The fraction of sp³-hybridized carbons (Fsp3) is 0.308. The Balaban J connectivity index is 1.74. The molecule has 0 saturated heterocycles. The number of nitriles is 1. The van der Waals surface area contributed by atoms with E-state index in [2.05, 4.69) is 17.5 Å². The molecule has 0 bridgehead atoms. The van der Waals surface area contributed by atoms with Crippen molar-refractivity contribution in [1.82, 2.24) is 5.32 Å². The van der Waals surface area contributed by atoms with Gasteiger partial charge < -0.3 is 15.0 Å². The molecule has 158 valence electrons. The smallest absolute Gasteiger partial charge is 0.143 e. The molecule has 4 rings (SSSR count). The number of Topliss-reactive ketones (excluding diaryl/α,β-unsaturated/α-hetero) is 1. The highest BCUT2D eigenvalue weighted by atomic mass is 16.5. The molecule has 1 aliphatic carbocycles. The van der Waals surface area contributed by atoms with E-state index in [1.165, 1.54) is 0 Å². The Labute approximate surface area is 183 Å². The average molecular weight is 414 g/mol. The summed E-state index contributed by atoms with van der Waals surface area (Å²) in [5.41, 5.74) is 5.51. The van der Waals surface area contributed by atoms with E-state index in [1.807, 2.05) is 74.4 Å². The molecule has 0 aromatic heterocycles. The number of methoxy groups -OCH3 is 1. The Morgan fingerprint density at radius 2 is 1.68 bits per heavy atom. The lowest BCUT2D eigenvalue weighted by Gasteiger charge is -2.38. The van der Waals surface area contributed by atoms with Gasteiger partial charge in [0.15, 0.2) is 0 Å². The van der Waals surface area contributed by atoms with Gasteiger partial charge in [0.05, 0.1) is 24.7 Å². The zero-order chi connectivity index (χ0) is 22.1. The van der Waals surface area contributed by atoms with Crippen LogP contribution in [0.2, 0.25) is 0 Å². The minimum atomic E-state index is -0.363. The van der Waals surface area contributed by atoms with Gasteiger partial charge in [-0.05, 0) is 42.3 Å². The number of hydrogen-bond acceptors (Lipinski definition) is 5. The number of carbonyl (C=O) groups is 1. The second-order valence-electron chi connectivity index (χ2n) is 8.39. The van der Waals surface area contributed by atoms with Crippen LogP contribution in [0.1, 0.15) is 36.3 Å². The molecule has 1 N–H and O–H groups in total. The number of fused-ring (bicyclic) bond motifs is 1. The standard InChI is InChI=1S/C26H27N3O2/c1-16-22(15-27)25(18-5-9-20(10-6-18)29(2)3)26-23(28-16)13-19(14-24(26)30)17-7-11-21(31-4)12-8-17/h5-13,19,25-26,28H,14H2,1-4H3. The summed E-state index contributed by atoms with van der Waals surface area (Å²) < 4.78 is 5.25. The van der Waals surface area contributed by atoms with Crippen LogP contribution >= 0.6 is 0 Å². The lowest BCUT2D eigenvalue weighted by Crippen LogP contribution is -2.39. The number of nitrogens with zero attached hydrogens (tertiary/aromatic N) is 2. The monoisotopic (exact) mass is 413 g/mol. The van der Waals surface area contributed by atoms with E-state index in [1.54, 1.807) is 7.11 Å². The van der Waals surface area contributed by atoms with Crippen LogP contribution in [0, 0.1) is 17.2 Å². The number of hydrogen-bond donors (Lipinski definition) is 1. The zero-order valence-electron chi connectivity index (χ0n) is 18.3. The summed E-state index contributed by atoms with van der Waals surface area (Å²) in [6.45, 7) is 1.91. The molecule has 5 nitrogen and oxygen atoms in total. The van der Waals surface area contributed by atoms with Crippen molar-refractivity contribution in [3.8, 4) is 11.8 Å². The van der Waals surface area contributed by atoms with Crippen molar-refractivity contribution in [3.63, 3.8) is 0 Å². The van der Waals surface area contributed by atoms with Crippen molar-refractivity contribution < 1.29 is 9.53 Å². The molecule has 2 aliphatic rings. The predicted octanol–water partition coefficient (Wildman–Crippen LogP) is 4.50. The first kappa shape index (κ1) is 20.7. The fourth-order valence-electron chi connectivity index (χ4n) is 4.62. The molecule has 0 spiro atoms. The highest BCUT2D eigenvalue weighted by Crippen LogP contribution is 2.45. The maximum absolute atomic E-state index is 13.4. The Kier molecular flexibility index (Phi) is 5.56. The number of anilines is 1. The number of benzene rings is 2. The molecule has 2 aromatic rings. The summed E-state index contributed by atoms with van der Waals surface area (Å²) >= 11 is 0. The molecule has 1 heterocycles. The van der Waals surface area contributed by atoms with E-state index >= 15 is 0 Å². The highest BCUT2D eigenvalue weighted by Gasteiger charge is 2.42. The lowest BCUT2D eigenvalue weighted by atomic mass is 9.69. The van der Waals surface area contributed by atoms with Gasteiger partial charge in [0.2, 0.25) is 0 Å². The molecular weight excluding hydrogens is 386 g/mol. The number of carbonyl (C=O) groups excluding carboxylic acids is 1. The molecule has 0 radical (unpaired) electrons. The number of ether oxygens (including phenoxy) is 1. The third-order valence-electron chi connectivity index (χ3n) is 6.30. The van der Waals surface area contributed by atoms with Crippen LogP contribution in [-0.2, 0) is 4.79 Å². The third-order valence-corrected chi connectivity index (χ3v) is 6.30. The van der Waals surface area contributed by atoms with Gasteiger partial charge >= 0.3 is 0 Å². The first-order valence-corrected chi connectivity index (χ1v) is 10.5. The van der Waals surface area contributed by atoms with Gasteiger partial charge in [0.1, 0.15) is 11.5 Å². The maximum Gasteiger partial charge on any atom is 0.143 e. The normalized spacial score (nSPS) is 22.7. The molecule has 3 unspecified atom stereocenters. The lowest BCUT2D eigenvalue weighted by molar-refractivity contribution is -0.123. The van der Waals surface area contributed by atoms with Gasteiger partial charge in [-0.3, -0.25) is 4.79 Å². The first-order chi connectivity index (χ1) is 14.9. The predicted molar refractivity (Wildman–Crippen MR) is 122 cm³/mol. The topological polar surface area (TPSA) is 65.4 Å². The van der Waals surface area contributed by atoms with Gasteiger partial charge in [-0.15, -0.1) is 0 Å². The van der Waals surface area contributed by atoms with Crippen LogP contribution in [0.3, 0.4) is 0 Å². The van der Waals surface area contributed by atoms with E-state index < -0.39 is 0 Å². The van der Waals surface area contributed by atoms with Gasteiger partial charge in [0.25, 0.3) is 0 Å². The van der Waals surface area contributed by atoms with Crippen molar-refractivity contribution in [2.24, 2.45) is 5.92 Å². The molecule has 5 heteroatoms. The summed E-state index contributed by atoms with van der Waals surface area (Å²) in [6.07, 6.45) is 2.58. The maximum atomic E-state index is 13.4. The Bertz CT molecular complexity index is 1090. The van der Waals surface area contributed by atoms with Crippen molar-refractivity contribution in [2.45, 2.75) is 25.2 Å². The fourth-order valence-corrected chi connectivity index (χ4v) is 4.62. The largest absolute Gasteiger partial charge is 0.497 e. The minimum Gasteiger partial charge on any atom is -0.497 e. The van der Waals surface area contributed by atoms with Crippen LogP contribution in [0.15, 0.2) is 71.6 Å². The van der Waals surface area contributed by atoms with Crippen molar-refractivity contribution in [1.29, 1.82) is 5.26 Å². The Morgan fingerprint density at radius 3 is 2.26 bits per heavy atom. The van der Waals surface area contributed by atoms with E-state index in [-0.39, 0.29) is 23.5 Å². The number of allylic oxidation sites excluding steroid dienone is 4. The second kappa shape index (κ2) is 8.31.